The molecule has 1 aromatic carbocycles. The number of rotatable bonds is 9. The van der Waals surface area contributed by atoms with Crippen LogP contribution >= 0.6 is 0 Å². The number of carbonyl (C=O) groups excluding carboxylic acids is 1. The van der Waals surface area contributed by atoms with Gasteiger partial charge in [-0.3, -0.25) is 4.79 Å². The molecule has 0 fully saturated rings. The van der Waals surface area contributed by atoms with E-state index in [0.717, 1.165) is 28.3 Å². The van der Waals surface area contributed by atoms with Gasteiger partial charge in [-0.1, -0.05) is 55.4 Å². The Morgan fingerprint density at radius 2 is 1.76 bits per heavy atom. The Hall–Kier alpha value is -2.88. The van der Waals surface area contributed by atoms with E-state index in [9.17, 15) is 9.59 Å². The molecule has 0 saturated carbocycles. The van der Waals surface area contributed by atoms with Crippen LogP contribution in [-0.4, -0.2) is 17.0 Å². The molecular weight excluding hydrogens is 364 g/mol. The first kappa shape index (κ1) is 26.1. The Labute approximate surface area is 175 Å². The van der Waals surface area contributed by atoms with Gasteiger partial charge in [0.25, 0.3) is 0 Å². The number of carbonyl (C=O) groups is 2. The fraction of sp³-hybridized carbons (Fsp3) is 0.360. The number of allylic oxidation sites excluding steroid dienone is 6. The van der Waals surface area contributed by atoms with Crippen LogP contribution in [0.2, 0.25) is 0 Å². The van der Waals surface area contributed by atoms with Crippen LogP contribution in [0.3, 0.4) is 0 Å². The molecule has 0 bridgehead atoms. The lowest BCUT2D eigenvalue weighted by molar-refractivity contribution is -0.134. The number of benzene rings is 1. The van der Waals surface area contributed by atoms with Crippen LogP contribution in [0.25, 0.3) is 6.08 Å². The molecule has 0 spiro atoms. The monoisotopic (exact) mass is 398 g/mol. The third kappa shape index (κ3) is 11.5. The van der Waals surface area contributed by atoms with Gasteiger partial charge in [0.2, 0.25) is 0 Å². The van der Waals surface area contributed by atoms with Gasteiger partial charge in [-0.25, -0.2) is 4.79 Å². The standard InChI is InChI=1S/C23H28O4.C2H6/c1-5-7-18(6-2)11-15-23(26)27-21-13-9-19(10-14-22(24)25)16-20(21)12-8-17(3)4;1-2/h5-10,13-14,16H,11-12,15H2,1-4H3,(H,24,25);1-2H3/b7-5-,14-10+,18-6+;. The first-order valence-corrected chi connectivity index (χ1v) is 10.0. The second-order valence-corrected chi connectivity index (χ2v) is 6.36. The first-order chi connectivity index (χ1) is 13.8. The molecule has 0 aliphatic carbocycles. The van der Waals surface area contributed by atoms with E-state index < -0.39 is 5.97 Å². The van der Waals surface area contributed by atoms with Crippen molar-refractivity contribution in [3.05, 3.63) is 70.9 Å². The lowest BCUT2D eigenvalue weighted by Crippen LogP contribution is -2.09. The predicted octanol–water partition coefficient (Wildman–Crippen LogP) is 6.53. The van der Waals surface area contributed by atoms with Crippen molar-refractivity contribution in [3.8, 4) is 5.75 Å². The van der Waals surface area contributed by atoms with Gasteiger partial charge in [-0.05, 0) is 69.9 Å². The molecule has 0 atom stereocenters. The summed E-state index contributed by atoms with van der Waals surface area (Å²) in [4.78, 5) is 23.0. The molecule has 0 amide bonds. The molecular formula is C25H34O4. The minimum absolute atomic E-state index is 0.286. The number of ether oxygens (including phenoxy) is 1. The number of carboxylic acids is 1. The highest BCUT2D eigenvalue weighted by Crippen LogP contribution is 2.23. The average Bonchev–Trinajstić information content (AvgIpc) is 2.70. The van der Waals surface area contributed by atoms with Gasteiger partial charge in [0.15, 0.2) is 0 Å². The number of esters is 1. The van der Waals surface area contributed by atoms with Gasteiger partial charge in [-0.15, -0.1) is 0 Å². The molecule has 29 heavy (non-hydrogen) atoms. The predicted molar refractivity (Wildman–Crippen MR) is 121 cm³/mol. The molecule has 1 rings (SSSR count). The Balaban J connectivity index is 0.00000379. The molecule has 4 nitrogen and oxygen atoms in total. The summed E-state index contributed by atoms with van der Waals surface area (Å²) in [6.07, 6.45) is 12.1. The second kappa shape index (κ2) is 15.1. The zero-order valence-electron chi connectivity index (χ0n) is 18.5. The Morgan fingerprint density at radius 3 is 2.31 bits per heavy atom. The molecule has 0 heterocycles. The summed E-state index contributed by atoms with van der Waals surface area (Å²) < 4.78 is 5.57. The van der Waals surface area contributed by atoms with Crippen molar-refractivity contribution in [2.24, 2.45) is 0 Å². The summed E-state index contributed by atoms with van der Waals surface area (Å²) in [7, 11) is 0. The molecule has 1 aromatic rings. The van der Waals surface area contributed by atoms with E-state index in [0.29, 0.717) is 25.0 Å². The van der Waals surface area contributed by atoms with Crippen LogP contribution in [0.1, 0.15) is 65.5 Å². The van der Waals surface area contributed by atoms with Crippen LogP contribution in [0, 0.1) is 0 Å². The maximum Gasteiger partial charge on any atom is 0.328 e. The minimum atomic E-state index is -1.00. The molecule has 0 aliphatic heterocycles. The van der Waals surface area contributed by atoms with Gasteiger partial charge < -0.3 is 9.84 Å². The average molecular weight is 399 g/mol. The molecule has 158 valence electrons. The number of aliphatic carboxylic acids is 1. The molecule has 0 aliphatic rings. The SMILES string of the molecule is C/C=C\C(=C/C)CCC(=O)Oc1ccc(/C=C/C(=O)O)cc1CC=C(C)C.CC. The lowest BCUT2D eigenvalue weighted by Gasteiger charge is -2.11. The Kier molecular flexibility index (Phi) is 13.6. The largest absolute Gasteiger partial charge is 0.478 e. The fourth-order valence-corrected chi connectivity index (χ4v) is 2.40. The summed E-state index contributed by atoms with van der Waals surface area (Å²) in [6, 6.07) is 5.31. The number of carboxylic acid groups (broad SMARTS) is 1. The van der Waals surface area contributed by atoms with Gasteiger partial charge in [0.05, 0.1) is 0 Å². The van der Waals surface area contributed by atoms with Crippen molar-refractivity contribution in [1.29, 1.82) is 0 Å². The molecule has 0 aromatic heterocycles. The van der Waals surface area contributed by atoms with Crippen molar-refractivity contribution >= 4 is 18.0 Å². The topological polar surface area (TPSA) is 63.6 Å². The zero-order valence-corrected chi connectivity index (χ0v) is 18.5. The van der Waals surface area contributed by atoms with E-state index >= 15 is 0 Å². The van der Waals surface area contributed by atoms with Crippen LogP contribution < -0.4 is 4.74 Å². The fourth-order valence-electron chi connectivity index (χ4n) is 2.40. The molecule has 0 radical (unpaired) electrons. The Morgan fingerprint density at radius 1 is 1.07 bits per heavy atom. The Bertz CT molecular complexity index is 776. The second-order valence-electron chi connectivity index (χ2n) is 6.36. The third-order valence-electron chi connectivity index (χ3n) is 3.83. The van der Waals surface area contributed by atoms with E-state index in [1.807, 2.05) is 71.9 Å². The smallest absolute Gasteiger partial charge is 0.328 e. The maximum atomic E-state index is 12.2. The maximum absolute atomic E-state index is 12.2. The molecule has 4 heteroatoms. The van der Waals surface area contributed by atoms with Crippen LogP contribution in [0.5, 0.6) is 5.75 Å². The van der Waals surface area contributed by atoms with Crippen LogP contribution in [0.15, 0.2) is 59.7 Å². The van der Waals surface area contributed by atoms with Gasteiger partial charge in [-0.2, -0.15) is 0 Å². The summed E-state index contributed by atoms with van der Waals surface area (Å²) in [5.74, 6) is -0.776. The molecule has 0 saturated heterocycles. The van der Waals surface area contributed by atoms with E-state index in [2.05, 4.69) is 0 Å². The van der Waals surface area contributed by atoms with Crippen molar-refractivity contribution in [2.45, 2.75) is 60.8 Å². The third-order valence-corrected chi connectivity index (χ3v) is 3.83. The van der Waals surface area contributed by atoms with Gasteiger partial charge >= 0.3 is 11.9 Å². The van der Waals surface area contributed by atoms with Crippen molar-refractivity contribution < 1.29 is 19.4 Å². The van der Waals surface area contributed by atoms with Crippen LogP contribution in [-0.2, 0) is 16.0 Å². The highest BCUT2D eigenvalue weighted by atomic mass is 16.5. The molecule has 0 unspecified atom stereocenters. The van der Waals surface area contributed by atoms with E-state index in [1.165, 1.54) is 6.08 Å². The van der Waals surface area contributed by atoms with Gasteiger partial charge in [0.1, 0.15) is 5.75 Å². The summed E-state index contributed by atoms with van der Waals surface area (Å²) >= 11 is 0. The van der Waals surface area contributed by atoms with Crippen molar-refractivity contribution in [3.63, 3.8) is 0 Å². The quantitative estimate of drug-likeness (QED) is 0.169. The zero-order chi connectivity index (χ0) is 22.2. The molecule has 1 N–H and O–H groups in total. The number of hydrogen-bond donors (Lipinski definition) is 1. The minimum Gasteiger partial charge on any atom is -0.478 e. The number of hydrogen-bond acceptors (Lipinski definition) is 3. The highest BCUT2D eigenvalue weighted by Gasteiger charge is 2.10. The van der Waals surface area contributed by atoms with Crippen molar-refractivity contribution in [1.82, 2.24) is 0 Å². The highest BCUT2D eigenvalue weighted by molar-refractivity contribution is 5.85. The first-order valence-electron chi connectivity index (χ1n) is 10.0. The van der Waals surface area contributed by atoms with Crippen LogP contribution in [0.4, 0.5) is 0 Å². The summed E-state index contributed by atoms with van der Waals surface area (Å²) in [5, 5.41) is 8.78. The summed E-state index contributed by atoms with van der Waals surface area (Å²) in [6.45, 7) is 11.9. The van der Waals surface area contributed by atoms with E-state index in [4.69, 9.17) is 9.84 Å². The lowest BCUT2D eigenvalue weighted by atomic mass is 10.0. The van der Waals surface area contributed by atoms with E-state index in [1.54, 1.807) is 12.1 Å². The summed E-state index contributed by atoms with van der Waals surface area (Å²) in [5.41, 5.74) is 3.84. The van der Waals surface area contributed by atoms with Gasteiger partial charge in [0, 0.05) is 12.5 Å². The normalized spacial score (nSPS) is 11.2. The van der Waals surface area contributed by atoms with E-state index in [-0.39, 0.29) is 5.97 Å². The van der Waals surface area contributed by atoms with Crippen molar-refractivity contribution in [2.75, 3.05) is 0 Å².